The summed E-state index contributed by atoms with van der Waals surface area (Å²) in [6, 6.07) is 23.7. The van der Waals surface area contributed by atoms with Crippen LogP contribution in [0.1, 0.15) is 29.6 Å². The molecule has 3 aromatic rings. The molecule has 4 atom stereocenters. The van der Waals surface area contributed by atoms with E-state index in [1.165, 1.54) is 0 Å². The lowest BCUT2D eigenvalue weighted by Gasteiger charge is -2.37. The van der Waals surface area contributed by atoms with Crippen molar-refractivity contribution in [2.45, 2.75) is 31.0 Å². The molecule has 0 spiro atoms. The van der Waals surface area contributed by atoms with E-state index in [9.17, 15) is 4.79 Å². The molecular weight excluding hydrogens is 524 g/mol. The van der Waals surface area contributed by atoms with Gasteiger partial charge < -0.3 is 33.2 Å². The summed E-state index contributed by atoms with van der Waals surface area (Å²) in [6.45, 7) is 4.69. The van der Waals surface area contributed by atoms with Crippen molar-refractivity contribution >= 4 is 5.97 Å². The van der Waals surface area contributed by atoms with Gasteiger partial charge in [0.2, 0.25) is 0 Å². The molecule has 2 aliphatic carbocycles. The Morgan fingerprint density at radius 2 is 1.39 bits per heavy atom. The summed E-state index contributed by atoms with van der Waals surface area (Å²) in [5.41, 5.74) is 0.552. The minimum Gasteiger partial charge on any atom is -0.497 e. The molecule has 41 heavy (non-hydrogen) atoms. The minimum absolute atomic E-state index is 0.0139. The summed E-state index contributed by atoms with van der Waals surface area (Å²) in [4.78, 5) is 12.9. The average Bonchev–Trinajstić information content (AvgIpc) is 3.52. The van der Waals surface area contributed by atoms with Crippen LogP contribution < -0.4 is 18.9 Å². The molecule has 8 heteroatoms. The molecule has 0 N–H and O–H groups in total. The van der Waals surface area contributed by atoms with E-state index in [0.29, 0.717) is 23.5 Å². The Bertz CT molecular complexity index is 1290. The predicted molar refractivity (Wildman–Crippen MR) is 152 cm³/mol. The molecule has 2 bridgehead atoms. The molecule has 0 aromatic heterocycles. The zero-order valence-electron chi connectivity index (χ0n) is 23.5. The first-order chi connectivity index (χ1) is 20.0. The standard InChI is InChI=1S/C33H36O8/c1-23(20-37-21-38-28-14-10-26(35-2)11-15-28)33(40-22-39-29-16-12-27(36-3)13-17-29)25-9-18-30(33)31(19-25)41-32(34)24-7-5-4-6-8-24/h4-8,10-17,25,30-31H,1,9,18-22H2,2-3H3/t25-,30+,31+,33?/m1/s1. The molecule has 2 aliphatic rings. The summed E-state index contributed by atoms with van der Waals surface area (Å²) < 4.78 is 40.6. The third kappa shape index (κ3) is 6.34. The van der Waals surface area contributed by atoms with Crippen LogP contribution >= 0.6 is 0 Å². The Morgan fingerprint density at radius 1 is 0.805 bits per heavy atom. The minimum atomic E-state index is -0.756. The van der Waals surface area contributed by atoms with Crippen molar-refractivity contribution in [1.29, 1.82) is 0 Å². The lowest BCUT2D eigenvalue weighted by Crippen LogP contribution is -2.44. The smallest absolute Gasteiger partial charge is 0.338 e. The van der Waals surface area contributed by atoms with Gasteiger partial charge in [-0.3, -0.25) is 0 Å². The number of methoxy groups -OCH3 is 2. The molecule has 2 fully saturated rings. The molecule has 0 saturated heterocycles. The summed E-state index contributed by atoms with van der Waals surface area (Å²) in [5, 5.41) is 0. The van der Waals surface area contributed by atoms with Gasteiger partial charge in [-0.25, -0.2) is 4.79 Å². The quantitative estimate of drug-likeness (QED) is 0.102. The van der Waals surface area contributed by atoms with Gasteiger partial charge in [0.1, 0.15) is 34.7 Å². The van der Waals surface area contributed by atoms with Gasteiger partial charge in [0, 0.05) is 5.92 Å². The highest BCUT2D eigenvalue weighted by Gasteiger charge is 2.62. The first-order valence-electron chi connectivity index (χ1n) is 13.7. The number of carbonyl (C=O) groups is 1. The van der Waals surface area contributed by atoms with Crippen molar-refractivity contribution in [2.24, 2.45) is 11.8 Å². The van der Waals surface area contributed by atoms with Crippen LogP contribution in [-0.4, -0.2) is 52.1 Å². The molecule has 5 rings (SSSR count). The van der Waals surface area contributed by atoms with Crippen LogP contribution in [0.2, 0.25) is 0 Å². The maximum atomic E-state index is 12.9. The summed E-state index contributed by atoms with van der Waals surface area (Å²) in [5.74, 6) is 2.53. The fraction of sp³-hybridized carbons (Fsp3) is 0.364. The van der Waals surface area contributed by atoms with E-state index in [4.69, 9.17) is 33.2 Å². The number of carbonyl (C=O) groups excluding carboxylic acids is 1. The van der Waals surface area contributed by atoms with Crippen LogP contribution in [0.4, 0.5) is 0 Å². The van der Waals surface area contributed by atoms with E-state index >= 15 is 0 Å². The molecule has 0 aliphatic heterocycles. The SMILES string of the molecule is C=C(COCOc1ccc(OC)cc1)C1(OCOc2ccc(OC)cc2)[C@@H]2CC[C@H]1[C@@H](OC(=O)c1ccccc1)C2. The van der Waals surface area contributed by atoms with Gasteiger partial charge >= 0.3 is 5.97 Å². The number of benzene rings is 3. The first-order valence-corrected chi connectivity index (χ1v) is 13.7. The summed E-state index contributed by atoms with van der Waals surface area (Å²) in [7, 11) is 3.24. The van der Waals surface area contributed by atoms with Crippen molar-refractivity contribution in [1.82, 2.24) is 0 Å². The summed E-state index contributed by atoms with van der Waals surface area (Å²) >= 11 is 0. The third-order valence-corrected chi connectivity index (χ3v) is 8.00. The number of rotatable bonds is 14. The van der Waals surface area contributed by atoms with E-state index in [0.717, 1.165) is 29.9 Å². The molecule has 1 unspecified atom stereocenters. The lowest BCUT2D eigenvalue weighted by atomic mass is 9.84. The van der Waals surface area contributed by atoms with E-state index in [-0.39, 0.29) is 44.1 Å². The van der Waals surface area contributed by atoms with Gasteiger partial charge in [0.15, 0.2) is 13.6 Å². The Morgan fingerprint density at radius 3 is 2.00 bits per heavy atom. The largest absolute Gasteiger partial charge is 0.497 e. The van der Waals surface area contributed by atoms with E-state index in [1.807, 2.05) is 66.7 Å². The van der Waals surface area contributed by atoms with Crippen LogP contribution in [0.3, 0.4) is 0 Å². The predicted octanol–water partition coefficient (Wildman–Crippen LogP) is 6.06. The fourth-order valence-electron chi connectivity index (χ4n) is 6.03. The Kier molecular flexibility index (Phi) is 9.11. The van der Waals surface area contributed by atoms with Gasteiger partial charge in [0.05, 0.1) is 26.4 Å². The molecule has 216 valence electrons. The Labute approximate surface area is 240 Å². The number of fused-ring (bicyclic) bond motifs is 2. The van der Waals surface area contributed by atoms with Gasteiger partial charge in [-0.05, 0) is 91.4 Å². The maximum absolute atomic E-state index is 12.9. The zero-order chi connectivity index (χ0) is 28.7. The second kappa shape index (κ2) is 13.1. The number of hydrogen-bond donors (Lipinski definition) is 0. The van der Waals surface area contributed by atoms with Crippen molar-refractivity contribution in [3.05, 3.63) is 96.6 Å². The first kappa shape index (κ1) is 28.5. The molecule has 0 heterocycles. The third-order valence-electron chi connectivity index (χ3n) is 8.00. The highest BCUT2D eigenvalue weighted by molar-refractivity contribution is 5.89. The monoisotopic (exact) mass is 560 g/mol. The lowest BCUT2D eigenvalue weighted by molar-refractivity contribution is -0.122. The molecule has 0 amide bonds. The van der Waals surface area contributed by atoms with Crippen molar-refractivity contribution in [3.63, 3.8) is 0 Å². The van der Waals surface area contributed by atoms with Crippen LogP contribution in [0.5, 0.6) is 23.0 Å². The van der Waals surface area contributed by atoms with Gasteiger partial charge in [0.25, 0.3) is 0 Å². The van der Waals surface area contributed by atoms with Gasteiger partial charge in [-0.1, -0.05) is 24.8 Å². The molecule has 8 nitrogen and oxygen atoms in total. The molecule has 3 aromatic carbocycles. The van der Waals surface area contributed by atoms with E-state index in [1.54, 1.807) is 26.4 Å². The summed E-state index contributed by atoms with van der Waals surface area (Å²) in [6.07, 6.45) is 2.18. The highest BCUT2D eigenvalue weighted by Crippen LogP contribution is 2.58. The second-order valence-corrected chi connectivity index (χ2v) is 10.2. The van der Waals surface area contributed by atoms with Crippen LogP contribution in [0.25, 0.3) is 0 Å². The zero-order valence-corrected chi connectivity index (χ0v) is 23.5. The average molecular weight is 561 g/mol. The Hall–Kier alpha value is -4.01. The number of ether oxygens (including phenoxy) is 7. The topological polar surface area (TPSA) is 81.7 Å². The van der Waals surface area contributed by atoms with E-state index in [2.05, 4.69) is 6.58 Å². The maximum Gasteiger partial charge on any atom is 0.338 e. The van der Waals surface area contributed by atoms with E-state index < -0.39 is 5.60 Å². The second-order valence-electron chi connectivity index (χ2n) is 10.2. The Balaban J connectivity index is 1.25. The molecular formula is C33H36O8. The molecule has 2 saturated carbocycles. The highest BCUT2D eigenvalue weighted by atomic mass is 16.7. The van der Waals surface area contributed by atoms with Crippen molar-refractivity contribution < 1.29 is 38.0 Å². The van der Waals surface area contributed by atoms with Gasteiger partial charge in [-0.15, -0.1) is 0 Å². The fourth-order valence-corrected chi connectivity index (χ4v) is 6.03. The molecule has 0 radical (unpaired) electrons. The number of esters is 1. The van der Waals surface area contributed by atoms with Crippen molar-refractivity contribution in [3.8, 4) is 23.0 Å². The van der Waals surface area contributed by atoms with Gasteiger partial charge in [-0.2, -0.15) is 0 Å². The van der Waals surface area contributed by atoms with Crippen LogP contribution in [-0.2, 0) is 14.2 Å². The van der Waals surface area contributed by atoms with Crippen LogP contribution in [0, 0.1) is 11.8 Å². The normalized spacial score (nSPS) is 22.6. The number of hydrogen-bond acceptors (Lipinski definition) is 8. The van der Waals surface area contributed by atoms with Crippen molar-refractivity contribution in [2.75, 3.05) is 34.4 Å². The van der Waals surface area contributed by atoms with Crippen LogP contribution in [0.15, 0.2) is 91.0 Å².